The Hall–Kier alpha value is -3.79. The minimum absolute atomic E-state index is 0.169. The van der Waals surface area contributed by atoms with Gasteiger partial charge in [0.1, 0.15) is 5.39 Å². The molecule has 0 saturated heterocycles. The van der Waals surface area contributed by atoms with Crippen LogP contribution in [-0.2, 0) is 17.5 Å². The van der Waals surface area contributed by atoms with Crippen LogP contribution in [-0.4, -0.2) is 47.6 Å². The number of hydrogen-bond donors (Lipinski definition) is 1. The number of aromatic nitrogens is 6. The molecule has 2 aliphatic rings. The Kier molecular flexibility index (Phi) is 5.40. The average Bonchev–Trinajstić information content (AvgIpc) is 3.53. The third kappa shape index (κ3) is 3.94. The number of likely N-dealkylation sites (N-methyl/N-ethyl adjacent to an activating group) is 1. The van der Waals surface area contributed by atoms with Crippen molar-refractivity contribution in [3.63, 3.8) is 0 Å². The molecule has 0 bridgehead atoms. The van der Waals surface area contributed by atoms with Crippen molar-refractivity contribution in [3.8, 4) is 5.82 Å². The summed E-state index contributed by atoms with van der Waals surface area (Å²) >= 11 is 0. The normalized spacial score (nSPS) is 16.8. The molecule has 1 aromatic carbocycles. The second-order valence-electron chi connectivity index (χ2n) is 12.0. The molecule has 198 valence electrons. The minimum atomic E-state index is -0.528. The molecular weight excluding hydrogens is 480 g/mol. The van der Waals surface area contributed by atoms with Crippen LogP contribution in [0.1, 0.15) is 64.6 Å². The Morgan fingerprint density at radius 3 is 2.53 bits per heavy atom. The van der Waals surface area contributed by atoms with E-state index in [4.69, 9.17) is 4.98 Å². The second-order valence-corrected chi connectivity index (χ2v) is 12.0. The summed E-state index contributed by atoms with van der Waals surface area (Å²) in [6, 6.07) is 9.45. The highest BCUT2D eigenvalue weighted by Gasteiger charge is 2.48. The zero-order valence-electron chi connectivity index (χ0n) is 22.8. The average molecular weight is 515 g/mol. The number of rotatable bonds is 4. The van der Waals surface area contributed by atoms with E-state index in [9.17, 15) is 9.59 Å². The smallest absolute Gasteiger partial charge is 0.278 e. The highest BCUT2D eigenvalue weighted by Crippen LogP contribution is 2.52. The lowest BCUT2D eigenvalue weighted by Gasteiger charge is -2.32. The molecule has 1 fully saturated rings. The molecule has 1 aliphatic heterocycles. The van der Waals surface area contributed by atoms with Gasteiger partial charge in [-0.1, -0.05) is 6.07 Å². The third-order valence-corrected chi connectivity index (χ3v) is 7.55. The molecule has 0 unspecified atom stereocenters. The SMILES string of the molecule is CC(C)n1c(=O)c2cnc(Nc3ccc4c(c3)CN(C)CC43CC3)nc2n1-c1ccc(=O)n(C(C)(C)C)n1. The molecule has 4 aromatic rings. The van der Waals surface area contributed by atoms with Crippen LogP contribution in [0.5, 0.6) is 0 Å². The van der Waals surface area contributed by atoms with Crippen molar-refractivity contribution in [1.29, 1.82) is 0 Å². The molecule has 0 radical (unpaired) electrons. The van der Waals surface area contributed by atoms with Crippen molar-refractivity contribution >= 4 is 22.7 Å². The molecule has 10 heteroatoms. The minimum Gasteiger partial charge on any atom is -0.324 e. The number of nitrogens with one attached hydrogen (secondary N) is 1. The van der Waals surface area contributed by atoms with E-state index in [-0.39, 0.29) is 17.2 Å². The standard InChI is InChI=1S/C28H34N8O2/c1-17(2)34-25(38)20-14-29-26(30-19-7-8-21-18(13-19)15-33(6)16-28(21)11-12-28)31-24(20)35(34)22-9-10-23(37)36(32-22)27(3,4)5/h7-10,13-14,17H,11-12,15-16H2,1-6H3,(H,29,30,31). The van der Waals surface area contributed by atoms with Crippen LogP contribution in [0.3, 0.4) is 0 Å². The summed E-state index contributed by atoms with van der Waals surface area (Å²) in [7, 11) is 2.18. The van der Waals surface area contributed by atoms with E-state index in [1.807, 2.05) is 34.6 Å². The maximum Gasteiger partial charge on any atom is 0.278 e. The molecule has 38 heavy (non-hydrogen) atoms. The van der Waals surface area contributed by atoms with Gasteiger partial charge in [0.05, 0.1) is 5.54 Å². The van der Waals surface area contributed by atoms with Gasteiger partial charge in [-0.05, 0) is 83.8 Å². The second kappa shape index (κ2) is 8.36. The van der Waals surface area contributed by atoms with Crippen molar-refractivity contribution in [3.05, 3.63) is 68.4 Å². The molecule has 10 nitrogen and oxygen atoms in total. The highest BCUT2D eigenvalue weighted by molar-refractivity contribution is 5.77. The first-order valence-electron chi connectivity index (χ1n) is 13.2. The Morgan fingerprint density at radius 2 is 1.84 bits per heavy atom. The number of benzene rings is 1. The van der Waals surface area contributed by atoms with Crippen LogP contribution < -0.4 is 16.4 Å². The first kappa shape index (κ1) is 24.5. The van der Waals surface area contributed by atoms with E-state index in [0.29, 0.717) is 28.2 Å². The van der Waals surface area contributed by atoms with Crippen molar-refractivity contribution < 1.29 is 0 Å². The maximum absolute atomic E-state index is 13.4. The van der Waals surface area contributed by atoms with Crippen LogP contribution >= 0.6 is 0 Å². The third-order valence-electron chi connectivity index (χ3n) is 7.55. The Labute approximate surface area is 220 Å². The zero-order chi connectivity index (χ0) is 27.0. The Balaban J connectivity index is 1.45. The van der Waals surface area contributed by atoms with Gasteiger partial charge in [-0.25, -0.2) is 19.0 Å². The van der Waals surface area contributed by atoms with Crippen molar-refractivity contribution in [1.82, 2.24) is 34.0 Å². The summed E-state index contributed by atoms with van der Waals surface area (Å²) in [5.41, 5.74) is 3.51. The van der Waals surface area contributed by atoms with E-state index in [0.717, 1.165) is 18.8 Å². The van der Waals surface area contributed by atoms with Crippen molar-refractivity contribution in [2.45, 2.75) is 71.0 Å². The first-order valence-corrected chi connectivity index (χ1v) is 13.2. The number of fused-ring (bicyclic) bond motifs is 3. The van der Waals surface area contributed by atoms with Gasteiger partial charge in [0, 0.05) is 42.5 Å². The molecule has 0 atom stereocenters. The van der Waals surface area contributed by atoms with Crippen LogP contribution in [0.15, 0.2) is 46.1 Å². The van der Waals surface area contributed by atoms with Crippen LogP contribution in [0.4, 0.5) is 11.6 Å². The summed E-state index contributed by atoms with van der Waals surface area (Å²) in [5, 5.41) is 8.37. The Bertz CT molecular complexity index is 1680. The van der Waals surface area contributed by atoms with Crippen LogP contribution in [0.25, 0.3) is 16.9 Å². The molecular formula is C28H34N8O2. The number of hydrogen-bond acceptors (Lipinski definition) is 7. The largest absolute Gasteiger partial charge is 0.324 e. The molecule has 0 amide bonds. The summed E-state index contributed by atoms with van der Waals surface area (Å²) in [6.45, 7) is 11.6. The molecule has 1 saturated carbocycles. The van der Waals surface area contributed by atoms with Gasteiger partial charge in [0.15, 0.2) is 11.5 Å². The van der Waals surface area contributed by atoms with E-state index in [2.05, 4.69) is 45.5 Å². The maximum atomic E-state index is 13.4. The van der Waals surface area contributed by atoms with Crippen LogP contribution in [0.2, 0.25) is 0 Å². The van der Waals surface area contributed by atoms with Crippen LogP contribution in [0, 0.1) is 0 Å². The fourth-order valence-electron chi connectivity index (χ4n) is 5.72. The summed E-state index contributed by atoms with van der Waals surface area (Å²) in [6.07, 6.45) is 4.06. The molecule has 1 spiro atoms. The fraction of sp³-hybridized carbons (Fsp3) is 0.464. The first-order chi connectivity index (χ1) is 18.0. The summed E-state index contributed by atoms with van der Waals surface area (Å²) < 4.78 is 4.72. The summed E-state index contributed by atoms with van der Waals surface area (Å²) in [5.74, 6) is 0.832. The lowest BCUT2D eigenvalue weighted by molar-refractivity contribution is 0.271. The van der Waals surface area contributed by atoms with Crippen molar-refractivity contribution in [2.75, 3.05) is 18.9 Å². The van der Waals surface area contributed by atoms with E-state index >= 15 is 0 Å². The van der Waals surface area contributed by atoms with E-state index in [1.54, 1.807) is 21.6 Å². The van der Waals surface area contributed by atoms with Gasteiger partial charge >= 0.3 is 0 Å². The molecule has 3 aromatic heterocycles. The number of nitrogens with zero attached hydrogens (tertiary/aromatic N) is 7. The van der Waals surface area contributed by atoms with E-state index < -0.39 is 5.54 Å². The molecule has 1 N–H and O–H groups in total. The van der Waals surface area contributed by atoms with Gasteiger partial charge < -0.3 is 10.2 Å². The molecule has 4 heterocycles. The predicted molar refractivity (Wildman–Crippen MR) is 148 cm³/mol. The lowest BCUT2D eigenvalue weighted by Crippen LogP contribution is -2.36. The lowest BCUT2D eigenvalue weighted by atomic mass is 9.87. The highest BCUT2D eigenvalue weighted by atomic mass is 16.1. The van der Waals surface area contributed by atoms with Gasteiger partial charge in [0.25, 0.3) is 11.1 Å². The quantitative estimate of drug-likeness (QED) is 0.443. The summed E-state index contributed by atoms with van der Waals surface area (Å²) in [4.78, 5) is 37.6. The number of anilines is 2. The molecule has 6 rings (SSSR count). The van der Waals surface area contributed by atoms with Gasteiger partial charge in [-0.2, -0.15) is 4.98 Å². The monoisotopic (exact) mass is 514 g/mol. The zero-order valence-corrected chi connectivity index (χ0v) is 22.8. The predicted octanol–water partition coefficient (Wildman–Crippen LogP) is 3.70. The van der Waals surface area contributed by atoms with E-state index in [1.165, 1.54) is 34.7 Å². The van der Waals surface area contributed by atoms with Crippen molar-refractivity contribution in [2.24, 2.45) is 0 Å². The van der Waals surface area contributed by atoms with Gasteiger partial charge in [-0.15, -0.1) is 5.10 Å². The van der Waals surface area contributed by atoms with Gasteiger partial charge in [-0.3, -0.25) is 9.59 Å². The topological polar surface area (TPSA) is 103 Å². The Morgan fingerprint density at radius 1 is 1.08 bits per heavy atom. The molecule has 1 aliphatic carbocycles. The fourth-order valence-corrected chi connectivity index (χ4v) is 5.72. The van der Waals surface area contributed by atoms with Gasteiger partial charge in [0.2, 0.25) is 5.95 Å².